The van der Waals surface area contributed by atoms with Crippen molar-refractivity contribution in [1.82, 2.24) is 5.16 Å². The summed E-state index contributed by atoms with van der Waals surface area (Å²) < 4.78 is 4.54. The minimum Gasteiger partial charge on any atom is -0.363 e. The van der Waals surface area contributed by atoms with Gasteiger partial charge in [-0.15, -0.1) is 0 Å². The van der Waals surface area contributed by atoms with Crippen molar-refractivity contribution in [1.29, 1.82) is 0 Å². The maximum Gasteiger partial charge on any atom is 0.271 e. The van der Waals surface area contributed by atoms with E-state index >= 15 is 0 Å². The lowest BCUT2D eigenvalue weighted by atomic mass is 10.2. The van der Waals surface area contributed by atoms with Crippen molar-refractivity contribution in [2.45, 2.75) is 0 Å². The van der Waals surface area contributed by atoms with Crippen molar-refractivity contribution in [3.63, 3.8) is 0 Å². The molecule has 9 heteroatoms. The normalized spacial score (nSPS) is 10.2. The van der Waals surface area contributed by atoms with E-state index in [-0.39, 0.29) is 27.1 Å². The number of carbonyl (C=O) groups excluding carboxylic acids is 1. The zero-order valence-corrected chi connectivity index (χ0v) is 10.6. The fourth-order valence-corrected chi connectivity index (χ4v) is 1.71. The van der Waals surface area contributed by atoms with Gasteiger partial charge in [0, 0.05) is 18.2 Å². The summed E-state index contributed by atoms with van der Waals surface area (Å²) in [6, 6.07) is 3.51. The molecule has 0 radical (unpaired) electrons. The summed E-state index contributed by atoms with van der Waals surface area (Å²) in [6.07, 6.45) is 1.26. The van der Waals surface area contributed by atoms with Crippen molar-refractivity contribution in [2.24, 2.45) is 0 Å². The van der Waals surface area contributed by atoms with E-state index in [0.717, 1.165) is 12.1 Å². The van der Waals surface area contributed by atoms with Crippen LogP contribution in [0.4, 0.5) is 11.5 Å². The molecule has 2 aromatic rings. The Morgan fingerprint density at radius 2 is 2.16 bits per heavy atom. The number of nitro benzene ring substituents is 1. The van der Waals surface area contributed by atoms with E-state index in [0.29, 0.717) is 0 Å². The van der Waals surface area contributed by atoms with Crippen molar-refractivity contribution in [2.75, 3.05) is 5.32 Å². The topological polar surface area (TPSA) is 98.3 Å². The van der Waals surface area contributed by atoms with Crippen LogP contribution in [0, 0.1) is 10.1 Å². The number of hydrogen-bond acceptors (Lipinski definition) is 5. The molecule has 0 bridgehead atoms. The molecule has 1 amide bonds. The third kappa shape index (κ3) is 2.83. The molecule has 0 saturated heterocycles. The molecule has 0 aliphatic rings. The number of halogens is 2. The number of nitro groups is 1. The molecule has 1 heterocycles. The van der Waals surface area contributed by atoms with E-state index in [9.17, 15) is 14.9 Å². The van der Waals surface area contributed by atoms with Crippen molar-refractivity contribution in [3.8, 4) is 0 Å². The van der Waals surface area contributed by atoms with Gasteiger partial charge in [-0.2, -0.15) is 0 Å². The molecule has 0 saturated carbocycles. The van der Waals surface area contributed by atoms with Gasteiger partial charge >= 0.3 is 0 Å². The number of hydrogen-bond donors (Lipinski definition) is 1. The van der Waals surface area contributed by atoms with Gasteiger partial charge in [0.25, 0.3) is 11.6 Å². The lowest BCUT2D eigenvalue weighted by Gasteiger charge is -2.05. The number of rotatable bonds is 3. The standard InChI is InChI=1S/C10H5Cl2N3O4/c11-7-4-5(15(17)18)3-6(9(7)12)10(16)13-8-1-2-19-14-8/h1-4H,(H,13,14,16). The second kappa shape index (κ2) is 5.25. The lowest BCUT2D eigenvalue weighted by molar-refractivity contribution is -0.384. The van der Waals surface area contributed by atoms with Gasteiger partial charge in [0.1, 0.15) is 6.26 Å². The Bertz CT molecular complexity index is 642. The summed E-state index contributed by atoms with van der Waals surface area (Å²) in [4.78, 5) is 21.9. The van der Waals surface area contributed by atoms with E-state index in [1.54, 1.807) is 0 Å². The molecule has 0 spiro atoms. The third-order valence-corrected chi connectivity index (χ3v) is 2.95. The summed E-state index contributed by atoms with van der Waals surface area (Å²) in [7, 11) is 0. The van der Waals surface area contributed by atoms with Gasteiger partial charge in [-0.25, -0.2) is 0 Å². The quantitative estimate of drug-likeness (QED) is 0.693. The Kier molecular flexibility index (Phi) is 3.68. The lowest BCUT2D eigenvalue weighted by Crippen LogP contribution is -2.13. The van der Waals surface area contributed by atoms with E-state index in [1.807, 2.05) is 0 Å². The highest BCUT2D eigenvalue weighted by atomic mass is 35.5. The summed E-state index contributed by atoms with van der Waals surface area (Å²) >= 11 is 11.6. The monoisotopic (exact) mass is 301 g/mol. The first kappa shape index (κ1) is 13.3. The molecule has 0 atom stereocenters. The number of carbonyl (C=O) groups is 1. The van der Waals surface area contributed by atoms with Crippen LogP contribution in [0.3, 0.4) is 0 Å². The highest BCUT2D eigenvalue weighted by molar-refractivity contribution is 6.44. The highest BCUT2D eigenvalue weighted by Gasteiger charge is 2.20. The van der Waals surface area contributed by atoms with Crippen LogP contribution in [-0.4, -0.2) is 16.0 Å². The maximum absolute atomic E-state index is 11.9. The van der Waals surface area contributed by atoms with Gasteiger partial charge in [-0.1, -0.05) is 28.4 Å². The SMILES string of the molecule is O=C(Nc1ccon1)c1cc([N+](=O)[O-])cc(Cl)c1Cl. The molecule has 7 nitrogen and oxygen atoms in total. The average molecular weight is 302 g/mol. The van der Waals surface area contributed by atoms with Crippen LogP contribution < -0.4 is 5.32 Å². The predicted octanol–water partition coefficient (Wildman–Crippen LogP) is 3.14. The first-order valence-corrected chi connectivity index (χ1v) is 5.60. The molecular weight excluding hydrogens is 297 g/mol. The van der Waals surface area contributed by atoms with Gasteiger partial charge in [0.2, 0.25) is 0 Å². The van der Waals surface area contributed by atoms with Crippen LogP contribution in [0.5, 0.6) is 0 Å². The number of amides is 1. The maximum atomic E-state index is 11.9. The minimum atomic E-state index is -0.676. The summed E-state index contributed by atoms with van der Waals surface area (Å²) in [5.41, 5.74) is -0.455. The first-order chi connectivity index (χ1) is 8.99. The molecule has 1 N–H and O–H groups in total. The van der Waals surface area contributed by atoms with Gasteiger partial charge in [0.05, 0.1) is 20.5 Å². The zero-order valence-electron chi connectivity index (χ0n) is 9.09. The molecule has 0 aliphatic heterocycles. The summed E-state index contributed by atoms with van der Waals surface area (Å²) in [5.74, 6) is -0.520. The fraction of sp³-hybridized carbons (Fsp3) is 0. The molecule has 1 aromatic heterocycles. The Hall–Kier alpha value is -2.12. The summed E-state index contributed by atoms with van der Waals surface area (Å²) in [6.45, 7) is 0. The van der Waals surface area contributed by atoms with E-state index < -0.39 is 10.8 Å². The van der Waals surface area contributed by atoms with Crippen LogP contribution in [0.1, 0.15) is 10.4 Å². The Morgan fingerprint density at radius 1 is 1.42 bits per heavy atom. The zero-order chi connectivity index (χ0) is 14.0. The fourth-order valence-electron chi connectivity index (χ4n) is 1.31. The van der Waals surface area contributed by atoms with E-state index in [4.69, 9.17) is 23.2 Å². The van der Waals surface area contributed by atoms with E-state index in [1.165, 1.54) is 12.3 Å². The smallest absolute Gasteiger partial charge is 0.271 e. The molecule has 0 aliphatic carbocycles. The molecular formula is C10H5Cl2N3O4. The third-order valence-electron chi connectivity index (χ3n) is 2.15. The first-order valence-electron chi connectivity index (χ1n) is 4.84. The second-order valence-corrected chi connectivity index (χ2v) is 4.17. The largest absolute Gasteiger partial charge is 0.363 e. The number of benzene rings is 1. The van der Waals surface area contributed by atoms with Crippen molar-refractivity contribution in [3.05, 3.63) is 50.2 Å². The van der Waals surface area contributed by atoms with Gasteiger partial charge in [-0.3, -0.25) is 14.9 Å². The van der Waals surface area contributed by atoms with Crippen molar-refractivity contribution < 1.29 is 14.2 Å². The number of non-ortho nitro benzene ring substituents is 1. The molecule has 0 fully saturated rings. The number of anilines is 1. The van der Waals surface area contributed by atoms with Gasteiger partial charge < -0.3 is 9.84 Å². The van der Waals surface area contributed by atoms with Crippen LogP contribution in [-0.2, 0) is 0 Å². The number of nitrogens with one attached hydrogen (secondary N) is 1. The molecule has 2 rings (SSSR count). The van der Waals surface area contributed by atoms with Crippen LogP contribution in [0.25, 0.3) is 0 Å². The summed E-state index contributed by atoms with van der Waals surface area (Å²) in [5, 5.41) is 16.4. The van der Waals surface area contributed by atoms with Crippen molar-refractivity contribution >= 4 is 40.6 Å². The van der Waals surface area contributed by atoms with Crippen LogP contribution in [0.2, 0.25) is 10.0 Å². The van der Waals surface area contributed by atoms with E-state index in [2.05, 4.69) is 15.0 Å². The van der Waals surface area contributed by atoms with Gasteiger partial charge in [0.15, 0.2) is 5.82 Å². The molecule has 1 aromatic carbocycles. The van der Waals surface area contributed by atoms with Gasteiger partial charge in [-0.05, 0) is 0 Å². The Morgan fingerprint density at radius 3 is 2.74 bits per heavy atom. The highest BCUT2D eigenvalue weighted by Crippen LogP contribution is 2.31. The number of nitrogens with zero attached hydrogens (tertiary/aromatic N) is 2. The molecule has 19 heavy (non-hydrogen) atoms. The Balaban J connectivity index is 2.38. The number of aromatic nitrogens is 1. The average Bonchev–Trinajstić information content (AvgIpc) is 2.84. The van der Waals surface area contributed by atoms with Crippen LogP contribution in [0.15, 0.2) is 29.0 Å². The predicted molar refractivity (Wildman–Crippen MR) is 67.6 cm³/mol. The molecule has 0 unspecified atom stereocenters. The van der Waals surface area contributed by atoms with Crippen LogP contribution >= 0.6 is 23.2 Å². The Labute approximate surface area is 116 Å². The minimum absolute atomic E-state index is 0.0757. The second-order valence-electron chi connectivity index (χ2n) is 3.39. The molecule has 98 valence electrons.